The van der Waals surface area contributed by atoms with Crippen molar-refractivity contribution in [3.8, 4) is 11.3 Å². The second-order valence-electron chi connectivity index (χ2n) is 5.36. The van der Waals surface area contributed by atoms with Crippen molar-refractivity contribution in [2.45, 2.75) is 25.2 Å². The van der Waals surface area contributed by atoms with Gasteiger partial charge in [0.1, 0.15) is 5.82 Å². The summed E-state index contributed by atoms with van der Waals surface area (Å²) in [5.74, 6) is 1.14. The summed E-state index contributed by atoms with van der Waals surface area (Å²) in [4.78, 5) is 15.1. The molecule has 0 unspecified atom stereocenters. The van der Waals surface area contributed by atoms with E-state index in [2.05, 4.69) is 22.4 Å². The Labute approximate surface area is 123 Å². The molecule has 1 aliphatic rings. The number of nitrogens with one attached hydrogen (secondary N) is 1. The van der Waals surface area contributed by atoms with Crippen molar-refractivity contribution in [2.75, 3.05) is 12.4 Å². The molecular formula is C16H17N3O2. The maximum atomic E-state index is 11.0. The molecule has 0 saturated heterocycles. The Balaban J connectivity index is 2.02. The predicted molar refractivity (Wildman–Crippen MR) is 82.5 cm³/mol. The normalized spacial score (nSPS) is 14.5. The van der Waals surface area contributed by atoms with Crippen LogP contribution in [0.3, 0.4) is 0 Å². The van der Waals surface area contributed by atoms with E-state index in [1.54, 1.807) is 7.05 Å². The first-order chi connectivity index (χ1) is 10.2. The highest BCUT2D eigenvalue weighted by Crippen LogP contribution is 2.37. The van der Waals surface area contributed by atoms with Gasteiger partial charge in [-0.3, -0.25) is 10.1 Å². The molecule has 1 N–H and O–H groups in total. The van der Waals surface area contributed by atoms with Crippen molar-refractivity contribution in [1.29, 1.82) is 0 Å². The van der Waals surface area contributed by atoms with Crippen molar-refractivity contribution in [2.24, 2.45) is 0 Å². The van der Waals surface area contributed by atoms with Crippen molar-refractivity contribution in [3.05, 3.63) is 52.1 Å². The Hall–Kier alpha value is -2.43. The first-order valence-corrected chi connectivity index (χ1v) is 7.12. The van der Waals surface area contributed by atoms with E-state index in [0.717, 1.165) is 5.56 Å². The van der Waals surface area contributed by atoms with Crippen LogP contribution in [-0.4, -0.2) is 17.0 Å². The highest BCUT2D eigenvalue weighted by Gasteiger charge is 2.20. The summed E-state index contributed by atoms with van der Waals surface area (Å²) in [7, 11) is 1.71. The summed E-state index contributed by atoms with van der Waals surface area (Å²) in [6, 6.07) is 11.2. The van der Waals surface area contributed by atoms with E-state index in [1.165, 1.54) is 37.0 Å². The summed E-state index contributed by atoms with van der Waals surface area (Å²) < 4.78 is 0. The molecule has 0 spiro atoms. The second kappa shape index (κ2) is 5.52. The maximum absolute atomic E-state index is 11.0. The highest BCUT2D eigenvalue weighted by atomic mass is 16.6. The molecule has 1 aromatic heterocycles. The Kier molecular flexibility index (Phi) is 3.56. The third kappa shape index (κ3) is 2.72. The first-order valence-electron chi connectivity index (χ1n) is 7.12. The van der Waals surface area contributed by atoms with Gasteiger partial charge in [0.25, 0.3) is 5.69 Å². The number of anilines is 1. The molecule has 2 aromatic rings. The lowest BCUT2D eigenvalue weighted by Gasteiger charge is -2.26. The van der Waals surface area contributed by atoms with E-state index in [1.807, 2.05) is 12.1 Å². The summed E-state index contributed by atoms with van der Waals surface area (Å²) in [6.07, 6.45) is 3.75. The van der Waals surface area contributed by atoms with Gasteiger partial charge in [0, 0.05) is 18.7 Å². The van der Waals surface area contributed by atoms with Gasteiger partial charge in [0.2, 0.25) is 0 Å². The molecule has 1 aliphatic carbocycles. The quantitative estimate of drug-likeness (QED) is 0.681. The standard InChI is InChI=1S/C16H17N3O2/c1-17-16-10-14(19(20)21)9-15(18-16)13-7-3-6-12(8-13)11-4-2-5-11/h3,6-11H,2,4-5H2,1H3,(H,17,18). The van der Waals surface area contributed by atoms with E-state index in [4.69, 9.17) is 0 Å². The van der Waals surface area contributed by atoms with E-state index >= 15 is 0 Å². The average Bonchev–Trinajstić information content (AvgIpc) is 2.45. The van der Waals surface area contributed by atoms with Crippen LogP contribution in [0, 0.1) is 10.1 Å². The van der Waals surface area contributed by atoms with Crippen molar-refractivity contribution in [3.63, 3.8) is 0 Å². The second-order valence-corrected chi connectivity index (χ2v) is 5.36. The summed E-state index contributed by atoms with van der Waals surface area (Å²) >= 11 is 0. The van der Waals surface area contributed by atoms with Crippen LogP contribution in [0.25, 0.3) is 11.3 Å². The van der Waals surface area contributed by atoms with Gasteiger partial charge in [-0.05, 0) is 30.4 Å². The Morgan fingerprint density at radius 2 is 2.10 bits per heavy atom. The van der Waals surface area contributed by atoms with Crippen molar-refractivity contribution < 1.29 is 4.92 Å². The fraction of sp³-hybridized carbons (Fsp3) is 0.312. The van der Waals surface area contributed by atoms with Gasteiger partial charge in [0.05, 0.1) is 16.7 Å². The Morgan fingerprint density at radius 3 is 2.71 bits per heavy atom. The first kappa shape index (κ1) is 13.5. The Bertz CT molecular complexity index is 681. The number of hydrogen-bond acceptors (Lipinski definition) is 4. The molecule has 0 amide bonds. The molecule has 5 nitrogen and oxygen atoms in total. The molecule has 0 atom stereocenters. The number of aromatic nitrogens is 1. The monoisotopic (exact) mass is 283 g/mol. The molecule has 0 bridgehead atoms. The molecule has 108 valence electrons. The van der Waals surface area contributed by atoms with Crippen molar-refractivity contribution >= 4 is 11.5 Å². The zero-order valence-corrected chi connectivity index (χ0v) is 11.9. The molecule has 1 aromatic carbocycles. The molecule has 21 heavy (non-hydrogen) atoms. The van der Waals surface area contributed by atoms with Crippen LogP contribution in [-0.2, 0) is 0 Å². The topological polar surface area (TPSA) is 68.1 Å². The van der Waals surface area contributed by atoms with Crippen LogP contribution in [0.4, 0.5) is 11.5 Å². The van der Waals surface area contributed by atoms with Gasteiger partial charge in [-0.1, -0.05) is 24.6 Å². The lowest BCUT2D eigenvalue weighted by Crippen LogP contribution is -2.08. The van der Waals surface area contributed by atoms with Gasteiger partial charge in [-0.25, -0.2) is 4.98 Å². The molecule has 5 heteroatoms. The fourth-order valence-corrected chi connectivity index (χ4v) is 2.59. The minimum Gasteiger partial charge on any atom is -0.373 e. The lowest BCUT2D eigenvalue weighted by molar-refractivity contribution is -0.384. The number of benzene rings is 1. The van der Waals surface area contributed by atoms with Crippen LogP contribution in [0.5, 0.6) is 0 Å². The summed E-state index contributed by atoms with van der Waals surface area (Å²) in [5, 5.41) is 13.9. The summed E-state index contributed by atoms with van der Waals surface area (Å²) in [6.45, 7) is 0. The van der Waals surface area contributed by atoms with Gasteiger partial charge < -0.3 is 5.32 Å². The van der Waals surface area contributed by atoms with E-state index < -0.39 is 0 Å². The van der Waals surface area contributed by atoms with Crippen molar-refractivity contribution in [1.82, 2.24) is 4.98 Å². The molecule has 1 fully saturated rings. The zero-order valence-electron chi connectivity index (χ0n) is 11.9. The van der Waals surface area contributed by atoms with Gasteiger partial charge in [0.15, 0.2) is 0 Å². The van der Waals surface area contributed by atoms with Gasteiger partial charge in [-0.15, -0.1) is 0 Å². The molecular weight excluding hydrogens is 266 g/mol. The van der Waals surface area contributed by atoms with Gasteiger partial charge >= 0.3 is 0 Å². The van der Waals surface area contributed by atoms with Crippen LogP contribution in [0.15, 0.2) is 36.4 Å². The number of nitrogens with zero attached hydrogens (tertiary/aromatic N) is 2. The number of rotatable bonds is 4. The van der Waals surface area contributed by atoms with Gasteiger partial charge in [-0.2, -0.15) is 0 Å². The van der Waals surface area contributed by atoms with E-state index in [0.29, 0.717) is 17.4 Å². The highest BCUT2D eigenvalue weighted by molar-refractivity contribution is 5.66. The molecule has 1 heterocycles. The van der Waals surface area contributed by atoms with Crippen LogP contribution in [0.2, 0.25) is 0 Å². The third-order valence-corrected chi connectivity index (χ3v) is 4.04. The van der Waals surface area contributed by atoms with Crippen LogP contribution in [0.1, 0.15) is 30.7 Å². The molecule has 0 radical (unpaired) electrons. The maximum Gasteiger partial charge on any atom is 0.275 e. The SMILES string of the molecule is CNc1cc([N+](=O)[O-])cc(-c2cccc(C3CCC3)c2)n1. The van der Waals surface area contributed by atoms with E-state index in [-0.39, 0.29) is 10.6 Å². The lowest BCUT2D eigenvalue weighted by atomic mass is 9.79. The molecule has 3 rings (SSSR count). The molecule has 0 aliphatic heterocycles. The number of hydrogen-bond donors (Lipinski definition) is 1. The fourth-order valence-electron chi connectivity index (χ4n) is 2.59. The Morgan fingerprint density at radius 1 is 1.29 bits per heavy atom. The zero-order chi connectivity index (χ0) is 14.8. The summed E-state index contributed by atoms with van der Waals surface area (Å²) in [5.41, 5.74) is 2.92. The number of nitro groups is 1. The van der Waals surface area contributed by atoms with Crippen LogP contribution >= 0.6 is 0 Å². The third-order valence-electron chi connectivity index (χ3n) is 4.04. The van der Waals surface area contributed by atoms with E-state index in [9.17, 15) is 10.1 Å². The molecule has 1 saturated carbocycles. The minimum absolute atomic E-state index is 0.0541. The van der Waals surface area contributed by atoms with Crippen LogP contribution < -0.4 is 5.32 Å². The predicted octanol–water partition coefficient (Wildman–Crippen LogP) is 3.97. The number of pyridine rings is 1. The average molecular weight is 283 g/mol. The smallest absolute Gasteiger partial charge is 0.275 e. The largest absolute Gasteiger partial charge is 0.373 e. The minimum atomic E-state index is -0.387.